The van der Waals surface area contributed by atoms with Gasteiger partial charge in [-0.05, 0) is 25.3 Å². The minimum absolute atomic E-state index is 0.0278. The molecule has 13 heavy (non-hydrogen) atoms. The third-order valence-electron chi connectivity index (χ3n) is 1.55. The Morgan fingerprint density at radius 3 is 2.38 bits per heavy atom. The highest BCUT2D eigenvalue weighted by atomic mass is 32.2. The minimum Gasteiger partial charge on any atom is -0.386 e. The van der Waals surface area contributed by atoms with Crippen LogP contribution in [0.3, 0.4) is 0 Å². The molecule has 0 fully saturated rings. The maximum atomic E-state index is 11.0. The number of hydrogen-bond acceptors (Lipinski definition) is 4. The van der Waals surface area contributed by atoms with Gasteiger partial charge in [-0.2, -0.15) is 0 Å². The standard InChI is InChI=1S/C7H11NO3S2/c1-7(2,9)5-3-4-12-6(5)13(8,10)11/h3-4,9H,1-2H3,(H2,8,10,11). The Kier molecular flexibility index (Phi) is 2.50. The van der Waals surface area contributed by atoms with Crippen LogP contribution in [0.2, 0.25) is 0 Å². The molecule has 0 unspecified atom stereocenters. The average molecular weight is 221 g/mol. The van der Waals surface area contributed by atoms with Gasteiger partial charge in [0.05, 0.1) is 5.60 Å². The first-order valence-corrected chi connectivity index (χ1v) is 5.98. The van der Waals surface area contributed by atoms with E-state index in [1.165, 1.54) is 13.8 Å². The Balaban J connectivity index is 3.35. The fourth-order valence-electron chi connectivity index (χ4n) is 0.969. The largest absolute Gasteiger partial charge is 0.386 e. The molecule has 0 saturated heterocycles. The van der Waals surface area contributed by atoms with Gasteiger partial charge in [0.25, 0.3) is 0 Å². The highest BCUT2D eigenvalue weighted by Crippen LogP contribution is 2.30. The van der Waals surface area contributed by atoms with Crippen molar-refractivity contribution in [2.24, 2.45) is 5.14 Å². The summed E-state index contributed by atoms with van der Waals surface area (Å²) >= 11 is 1.01. The van der Waals surface area contributed by atoms with Crippen LogP contribution in [0.25, 0.3) is 0 Å². The molecule has 1 rings (SSSR count). The second-order valence-corrected chi connectivity index (χ2v) is 5.90. The molecule has 0 saturated carbocycles. The molecule has 0 bridgehead atoms. The van der Waals surface area contributed by atoms with Crippen molar-refractivity contribution in [1.82, 2.24) is 0 Å². The Hall–Kier alpha value is -0.430. The van der Waals surface area contributed by atoms with Gasteiger partial charge in [0.15, 0.2) is 0 Å². The predicted molar refractivity (Wildman–Crippen MR) is 50.9 cm³/mol. The van der Waals surface area contributed by atoms with Crippen LogP contribution in [0.5, 0.6) is 0 Å². The molecule has 1 heterocycles. The van der Waals surface area contributed by atoms with Crippen molar-refractivity contribution in [2.45, 2.75) is 23.7 Å². The van der Waals surface area contributed by atoms with Gasteiger partial charge in [0, 0.05) is 5.56 Å². The first-order valence-electron chi connectivity index (χ1n) is 3.56. The summed E-state index contributed by atoms with van der Waals surface area (Å²) in [6.07, 6.45) is 0. The lowest BCUT2D eigenvalue weighted by molar-refractivity contribution is 0.0763. The third kappa shape index (κ3) is 2.28. The molecular weight excluding hydrogens is 210 g/mol. The van der Waals surface area contributed by atoms with Gasteiger partial charge in [-0.25, -0.2) is 13.6 Å². The maximum Gasteiger partial charge on any atom is 0.247 e. The van der Waals surface area contributed by atoms with Crippen molar-refractivity contribution in [2.75, 3.05) is 0 Å². The van der Waals surface area contributed by atoms with Crippen LogP contribution in [-0.2, 0) is 15.6 Å². The monoisotopic (exact) mass is 221 g/mol. The van der Waals surface area contributed by atoms with E-state index in [-0.39, 0.29) is 4.21 Å². The summed E-state index contributed by atoms with van der Waals surface area (Å²) in [5.41, 5.74) is -0.832. The Bertz CT molecular complexity index is 400. The topological polar surface area (TPSA) is 80.4 Å². The summed E-state index contributed by atoms with van der Waals surface area (Å²) < 4.78 is 22.1. The summed E-state index contributed by atoms with van der Waals surface area (Å²) in [6.45, 7) is 3.04. The fraction of sp³-hybridized carbons (Fsp3) is 0.429. The Morgan fingerprint density at radius 2 is 2.08 bits per heavy atom. The van der Waals surface area contributed by atoms with Gasteiger partial charge < -0.3 is 5.11 Å². The average Bonchev–Trinajstić information content (AvgIpc) is 2.27. The molecule has 0 aliphatic carbocycles. The zero-order chi connectivity index (χ0) is 10.3. The van der Waals surface area contributed by atoms with Gasteiger partial charge in [-0.15, -0.1) is 11.3 Å². The SMILES string of the molecule is CC(C)(O)c1ccsc1S(N)(=O)=O. The lowest BCUT2D eigenvalue weighted by Gasteiger charge is -2.16. The van der Waals surface area contributed by atoms with Gasteiger partial charge in [-0.1, -0.05) is 0 Å². The molecule has 4 nitrogen and oxygen atoms in total. The summed E-state index contributed by atoms with van der Waals surface area (Å²) in [5.74, 6) is 0. The number of primary sulfonamides is 1. The highest BCUT2D eigenvalue weighted by molar-refractivity contribution is 7.91. The van der Waals surface area contributed by atoms with E-state index in [1.54, 1.807) is 11.4 Å². The van der Waals surface area contributed by atoms with E-state index in [0.29, 0.717) is 5.56 Å². The molecule has 6 heteroatoms. The number of aliphatic hydroxyl groups is 1. The molecular formula is C7H11NO3S2. The van der Waals surface area contributed by atoms with Crippen LogP contribution < -0.4 is 5.14 Å². The fourth-order valence-corrected chi connectivity index (χ4v) is 3.07. The normalized spacial score (nSPS) is 13.2. The number of nitrogens with two attached hydrogens (primary N) is 1. The van der Waals surface area contributed by atoms with Crippen LogP contribution >= 0.6 is 11.3 Å². The number of rotatable bonds is 2. The molecule has 0 aromatic carbocycles. The predicted octanol–water partition coefficient (Wildman–Crippen LogP) is 0.623. The Labute approximate surface area is 81.1 Å². The minimum atomic E-state index is -3.71. The molecule has 0 aliphatic heterocycles. The lowest BCUT2D eigenvalue weighted by Crippen LogP contribution is -2.21. The molecule has 74 valence electrons. The number of hydrogen-bond donors (Lipinski definition) is 2. The van der Waals surface area contributed by atoms with Crippen molar-refractivity contribution in [1.29, 1.82) is 0 Å². The number of sulfonamides is 1. The van der Waals surface area contributed by atoms with Crippen molar-refractivity contribution >= 4 is 21.4 Å². The van der Waals surface area contributed by atoms with Crippen molar-refractivity contribution in [3.8, 4) is 0 Å². The van der Waals surface area contributed by atoms with Gasteiger partial charge >= 0.3 is 0 Å². The second-order valence-electron chi connectivity index (χ2n) is 3.23. The van der Waals surface area contributed by atoms with Crippen molar-refractivity contribution in [3.05, 3.63) is 17.0 Å². The van der Waals surface area contributed by atoms with Crippen LogP contribution in [0.15, 0.2) is 15.7 Å². The quantitative estimate of drug-likeness (QED) is 0.768. The van der Waals surface area contributed by atoms with E-state index < -0.39 is 15.6 Å². The van der Waals surface area contributed by atoms with E-state index in [1.807, 2.05) is 0 Å². The van der Waals surface area contributed by atoms with E-state index in [4.69, 9.17) is 5.14 Å². The molecule has 0 atom stereocenters. The smallest absolute Gasteiger partial charge is 0.247 e. The third-order valence-corrected chi connectivity index (χ3v) is 3.98. The van der Waals surface area contributed by atoms with Crippen molar-refractivity contribution in [3.63, 3.8) is 0 Å². The molecule has 0 radical (unpaired) electrons. The van der Waals surface area contributed by atoms with Crippen LogP contribution in [0.4, 0.5) is 0 Å². The molecule has 0 aliphatic rings. The maximum absolute atomic E-state index is 11.0. The summed E-state index contributed by atoms with van der Waals surface area (Å²) in [6, 6.07) is 1.56. The second kappa shape index (κ2) is 3.06. The van der Waals surface area contributed by atoms with Gasteiger partial charge in [0.1, 0.15) is 4.21 Å². The summed E-state index contributed by atoms with van der Waals surface area (Å²) in [7, 11) is -3.71. The van der Waals surface area contributed by atoms with Crippen LogP contribution in [0, 0.1) is 0 Å². The lowest BCUT2D eigenvalue weighted by atomic mass is 10.0. The summed E-state index contributed by atoms with van der Waals surface area (Å²) in [4.78, 5) is 0. The van der Waals surface area contributed by atoms with Gasteiger partial charge in [0.2, 0.25) is 10.0 Å². The van der Waals surface area contributed by atoms with Gasteiger partial charge in [-0.3, -0.25) is 0 Å². The zero-order valence-corrected chi connectivity index (χ0v) is 8.95. The molecule has 0 amide bonds. The first-order chi connectivity index (χ1) is 5.73. The highest BCUT2D eigenvalue weighted by Gasteiger charge is 2.26. The molecule has 0 spiro atoms. The van der Waals surface area contributed by atoms with E-state index in [0.717, 1.165) is 11.3 Å². The molecule has 1 aromatic rings. The molecule has 3 N–H and O–H groups in total. The van der Waals surface area contributed by atoms with Crippen molar-refractivity contribution < 1.29 is 13.5 Å². The molecule has 1 aromatic heterocycles. The first kappa shape index (κ1) is 10.6. The van der Waals surface area contributed by atoms with Crippen LogP contribution in [-0.4, -0.2) is 13.5 Å². The van der Waals surface area contributed by atoms with E-state index >= 15 is 0 Å². The Morgan fingerprint density at radius 1 is 1.54 bits per heavy atom. The van der Waals surface area contributed by atoms with E-state index in [2.05, 4.69) is 0 Å². The summed E-state index contributed by atoms with van der Waals surface area (Å²) in [5, 5.41) is 16.2. The number of thiophene rings is 1. The zero-order valence-electron chi connectivity index (χ0n) is 7.31. The van der Waals surface area contributed by atoms with E-state index in [9.17, 15) is 13.5 Å². The van der Waals surface area contributed by atoms with Crippen LogP contribution in [0.1, 0.15) is 19.4 Å².